The molecule has 0 atom stereocenters. The number of hydrogen-bond acceptors (Lipinski definition) is 6. The molecule has 0 unspecified atom stereocenters. The number of aromatic nitrogens is 6. The number of rotatable bonds is 4. The number of para-hydroxylation sites is 1. The zero-order valence-electron chi connectivity index (χ0n) is 14.2. The van der Waals surface area contributed by atoms with E-state index in [1.54, 1.807) is 23.0 Å². The Labute approximate surface area is 155 Å². The summed E-state index contributed by atoms with van der Waals surface area (Å²) >= 11 is 1.34. The molecule has 0 radical (unpaired) electrons. The Morgan fingerprint density at radius 2 is 1.96 bits per heavy atom. The van der Waals surface area contributed by atoms with E-state index in [0.717, 1.165) is 11.3 Å². The van der Waals surface area contributed by atoms with Crippen LogP contribution in [-0.4, -0.2) is 36.0 Å². The Morgan fingerprint density at radius 1 is 1.19 bits per heavy atom. The van der Waals surface area contributed by atoms with Crippen molar-refractivity contribution in [1.29, 1.82) is 0 Å². The molecule has 0 aliphatic rings. The Kier molecular flexibility index (Phi) is 4.10. The summed E-state index contributed by atoms with van der Waals surface area (Å²) in [5.41, 5.74) is 2.17. The van der Waals surface area contributed by atoms with Crippen LogP contribution in [0.25, 0.3) is 15.5 Å². The fraction of sp³-hybridized carbons (Fsp3) is 0.250. The maximum absolute atomic E-state index is 12.6. The van der Waals surface area contributed by atoms with E-state index in [1.165, 1.54) is 28.0 Å². The highest BCUT2D eigenvalue weighted by atomic mass is 32.1. The maximum Gasteiger partial charge on any atom is 0.573 e. The van der Waals surface area contributed by atoms with Crippen LogP contribution < -0.4 is 4.74 Å². The summed E-state index contributed by atoms with van der Waals surface area (Å²) in [6, 6.07) is 5.95. The lowest BCUT2D eigenvalue weighted by atomic mass is 10.1. The summed E-state index contributed by atoms with van der Waals surface area (Å²) in [4.78, 5) is 0.553. The number of fused-ring (bicyclic) bond motifs is 1. The van der Waals surface area contributed by atoms with Gasteiger partial charge in [-0.3, -0.25) is 4.68 Å². The van der Waals surface area contributed by atoms with Gasteiger partial charge in [0.2, 0.25) is 4.96 Å². The third kappa shape index (κ3) is 3.37. The fourth-order valence-corrected chi connectivity index (χ4v) is 3.55. The fourth-order valence-electron chi connectivity index (χ4n) is 2.63. The molecule has 0 aliphatic heterocycles. The van der Waals surface area contributed by atoms with E-state index in [-0.39, 0.29) is 12.2 Å². The van der Waals surface area contributed by atoms with Crippen molar-refractivity contribution in [2.24, 2.45) is 7.05 Å². The number of alkyl halides is 3. The molecule has 0 fully saturated rings. The van der Waals surface area contributed by atoms with Gasteiger partial charge >= 0.3 is 6.36 Å². The van der Waals surface area contributed by atoms with Crippen LogP contribution in [0.15, 0.2) is 30.5 Å². The lowest BCUT2D eigenvalue weighted by Crippen LogP contribution is -2.18. The van der Waals surface area contributed by atoms with Gasteiger partial charge in [-0.05, 0) is 13.0 Å². The first-order valence-corrected chi connectivity index (χ1v) is 8.67. The molecule has 11 heteroatoms. The predicted molar refractivity (Wildman–Crippen MR) is 91.5 cm³/mol. The second kappa shape index (κ2) is 6.34. The molecule has 0 spiro atoms. The monoisotopic (exact) mass is 394 g/mol. The van der Waals surface area contributed by atoms with Crippen molar-refractivity contribution in [2.75, 3.05) is 0 Å². The Morgan fingerprint density at radius 3 is 2.67 bits per heavy atom. The molecular formula is C16H13F3N6OS. The topological polar surface area (TPSA) is 70.1 Å². The van der Waals surface area contributed by atoms with Gasteiger partial charge in [-0.1, -0.05) is 29.5 Å². The van der Waals surface area contributed by atoms with Gasteiger partial charge in [0, 0.05) is 24.7 Å². The second-order valence-corrected chi connectivity index (χ2v) is 6.77. The molecule has 0 saturated heterocycles. The van der Waals surface area contributed by atoms with Crippen LogP contribution in [0.3, 0.4) is 0 Å². The van der Waals surface area contributed by atoms with Crippen LogP contribution in [-0.2, 0) is 13.5 Å². The molecule has 1 aromatic carbocycles. The summed E-state index contributed by atoms with van der Waals surface area (Å²) in [5.74, 6) is 0.160. The van der Waals surface area contributed by atoms with E-state index in [9.17, 15) is 13.2 Å². The molecule has 3 aromatic heterocycles. The Bertz CT molecular complexity index is 1110. The molecule has 0 aliphatic carbocycles. The zero-order valence-corrected chi connectivity index (χ0v) is 15.0. The molecular weight excluding hydrogens is 381 g/mol. The maximum atomic E-state index is 12.6. The van der Waals surface area contributed by atoms with E-state index in [4.69, 9.17) is 0 Å². The second-order valence-electron chi connectivity index (χ2n) is 5.82. The average molecular weight is 394 g/mol. The largest absolute Gasteiger partial charge is 0.573 e. The molecule has 0 amide bonds. The third-order valence-electron chi connectivity index (χ3n) is 4.07. The van der Waals surface area contributed by atoms with Gasteiger partial charge in [-0.25, -0.2) is 0 Å². The van der Waals surface area contributed by atoms with Crippen LogP contribution in [0, 0.1) is 6.92 Å². The van der Waals surface area contributed by atoms with Crippen molar-refractivity contribution in [3.8, 4) is 16.3 Å². The van der Waals surface area contributed by atoms with Crippen molar-refractivity contribution in [2.45, 2.75) is 19.7 Å². The normalized spacial score (nSPS) is 12.0. The Hall–Kier alpha value is -2.95. The molecule has 4 rings (SSSR count). The van der Waals surface area contributed by atoms with Crippen molar-refractivity contribution in [3.05, 3.63) is 47.5 Å². The van der Waals surface area contributed by atoms with E-state index < -0.39 is 6.36 Å². The molecule has 27 heavy (non-hydrogen) atoms. The summed E-state index contributed by atoms with van der Waals surface area (Å²) in [6.07, 6.45) is -2.95. The number of ether oxygens (including phenoxy) is 1. The summed E-state index contributed by atoms with van der Waals surface area (Å²) in [5, 5.41) is 17.6. The lowest BCUT2D eigenvalue weighted by molar-refractivity contribution is -0.274. The number of halogens is 3. The van der Waals surface area contributed by atoms with Crippen LogP contribution in [0.1, 0.15) is 17.1 Å². The molecule has 0 saturated carbocycles. The Balaban J connectivity index is 1.69. The molecule has 0 N–H and O–H groups in total. The number of nitrogens with zero attached hydrogens (tertiary/aromatic N) is 6. The minimum Gasteiger partial charge on any atom is -0.405 e. The number of aryl methyl sites for hydroxylation is 1. The van der Waals surface area contributed by atoms with E-state index in [1.807, 2.05) is 14.0 Å². The average Bonchev–Trinajstić information content (AvgIpc) is 3.25. The van der Waals surface area contributed by atoms with E-state index in [0.29, 0.717) is 21.4 Å². The highest BCUT2D eigenvalue weighted by molar-refractivity contribution is 7.19. The minimum absolute atomic E-state index is 0.0998. The number of hydrogen-bond donors (Lipinski definition) is 0. The van der Waals surface area contributed by atoms with Crippen molar-refractivity contribution in [1.82, 2.24) is 29.6 Å². The highest BCUT2D eigenvalue weighted by Crippen LogP contribution is 2.30. The molecule has 7 nitrogen and oxygen atoms in total. The summed E-state index contributed by atoms with van der Waals surface area (Å²) in [7, 11) is 1.84. The first-order valence-electron chi connectivity index (χ1n) is 7.85. The molecule has 0 bridgehead atoms. The van der Waals surface area contributed by atoms with Crippen molar-refractivity contribution in [3.63, 3.8) is 0 Å². The van der Waals surface area contributed by atoms with Gasteiger partial charge in [0.05, 0.1) is 11.8 Å². The lowest BCUT2D eigenvalue weighted by Gasteiger charge is -2.12. The molecule has 3 heterocycles. The van der Waals surface area contributed by atoms with Crippen LogP contribution in [0.4, 0.5) is 13.2 Å². The van der Waals surface area contributed by atoms with E-state index >= 15 is 0 Å². The third-order valence-corrected chi connectivity index (χ3v) is 5.00. The van der Waals surface area contributed by atoms with Gasteiger partial charge in [0.15, 0.2) is 10.8 Å². The minimum atomic E-state index is -4.76. The molecule has 4 aromatic rings. The van der Waals surface area contributed by atoms with Gasteiger partial charge in [0.25, 0.3) is 0 Å². The highest BCUT2D eigenvalue weighted by Gasteiger charge is 2.32. The molecule has 140 valence electrons. The van der Waals surface area contributed by atoms with Gasteiger partial charge in [-0.15, -0.1) is 23.4 Å². The smallest absolute Gasteiger partial charge is 0.405 e. The zero-order chi connectivity index (χ0) is 19.2. The SMILES string of the molecule is Cc1c(-c2nn3c(Cc4ccccc4OC(F)(F)F)nnc3s2)cnn1C. The summed E-state index contributed by atoms with van der Waals surface area (Å²) in [6.45, 7) is 1.93. The van der Waals surface area contributed by atoms with Crippen molar-refractivity contribution >= 4 is 16.3 Å². The first kappa shape index (κ1) is 17.5. The quantitative estimate of drug-likeness (QED) is 0.531. The van der Waals surface area contributed by atoms with Crippen LogP contribution in [0.2, 0.25) is 0 Å². The van der Waals surface area contributed by atoms with Gasteiger partial charge < -0.3 is 4.74 Å². The van der Waals surface area contributed by atoms with Gasteiger partial charge in [-0.2, -0.15) is 14.7 Å². The van der Waals surface area contributed by atoms with Crippen LogP contribution >= 0.6 is 11.3 Å². The summed E-state index contributed by atoms with van der Waals surface area (Å²) < 4.78 is 45.2. The number of benzene rings is 1. The van der Waals surface area contributed by atoms with Gasteiger partial charge in [0.1, 0.15) is 5.75 Å². The van der Waals surface area contributed by atoms with Crippen molar-refractivity contribution < 1.29 is 17.9 Å². The van der Waals surface area contributed by atoms with E-state index in [2.05, 4.69) is 25.1 Å². The van der Waals surface area contributed by atoms with Crippen LogP contribution in [0.5, 0.6) is 5.75 Å². The first-order chi connectivity index (χ1) is 12.8. The standard InChI is InChI=1S/C16H13F3N6OS/c1-9-11(8-20-24(9)2)14-23-25-13(21-22-15(25)27-14)7-10-5-3-4-6-12(10)26-16(17,18)19/h3-6,8H,7H2,1-2H3. The predicted octanol–water partition coefficient (Wildman–Crippen LogP) is 3.38.